The molecule has 0 saturated carbocycles. The Morgan fingerprint density at radius 2 is 0.581 bits per heavy atom. The predicted octanol–water partition coefficient (Wildman–Crippen LogP) is 15.9. The summed E-state index contributed by atoms with van der Waals surface area (Å²) in [5.41, 5.74) is -0.356. The minimum atomic E-state index is -8.97. The van der Waals surface area contributed by atoms with Crippen molar-refractivity contribution in [3.05, 3.63) is 71.8 Å². The third-order valence-electron chi connectivity index (χ3n) is 12.7. The number of nitrogens with zero attached hydrogens (tertiary/aromatic N) is 2. The molecule has 498 valence electrons. The molecule has 2 rings (SSSR count). The molecule has 0 atom stereocenters. The lowest BCUT2D eigenvalue weighted by Gasteiger charge is -2.43. The molecular weight excluding hydrogens is 1290 g/mol. The van der Waals surface area contributed by atoms with Gasteiger partial charge in [-0.05, 0) is 56.8 Å². The fourth-order valence-electron chi connectivity index (χ4n) is 7.65. The Kier molecular flexibility index (Phi) is 23.1. The summed E-state index contributed by atoms with van der Waals surface area (Å²) in [4.78, 5) is 27.4. The highest BCUT2D eigenvalue weighted by Crippen LogP contribution is 2.66. The third kappa shape index (κ3) is 14.0. The maximum Gasteiger partial charge on any atom is 0.460 e. The topological polar surface area (TPSA) is 59.1 Å². The summed E-state index contributed by atoms with van der Waals surface area (Å²) in [5, 5.41) is 0. The van der Waals surface area contributed by atoms with Crippen LogP contribution >= 0.6 is 0 Å². The van der Waals surface area contributed by atoms with Crippen LogP contribution in [0.4, 0.5) is 149 Å². The quantitative estimate of drug-likeness (QED) is 0.0403. The highest BCUT2D eigenvalue weighted by Gasteiger charge is 2.97. The molecule has 0 aliphatic carbocycles. The summed E-state index contributed by atoms with van der Waals surface area (Å²) in [5.74, 6) is -126. The van der Waals surface area contributed by atoms with Crippen LogP contribution in [0.2, 0.25) is 0 Å². The van der Waals surface area contributed by atoms with Gasteiger partial charge in [-0.3, -0.25) is 19.4 Å². The average Bonchev–Trinajstić information content (AvgIpc) is 0.720. The lowest BCUT2D eigenvalue weighted by molar-refractivity contribution is -0.461. The molecule has 0 aliphatic rings. The zero-order chi connectivity index (χ0) is 67.6. The van der Waals surface area contributed by atoms with E-state index >= 15 is 17.6 Å². The van der Waals surface area contributed by atoms with E-state index < -0.39 is 197 Å². The molecule has 0 spiro atoms. The van der Waals surface area contributed by atoms with Crippen molar-refractivity contribution in [2.24, 2.45) is 11.8 Å². The normalized spacial score (nSPS) is 15.1. The molecule has 0 radical (unpaired) electrons. The van der Waals surface area contributed by atoms with Gasteiger partial charge in [-0.2, -0.15) is 149 Å². The molecule has 2 aromatic rings. The molecule has 86 heavy (non-hydrogen) atoms. The van der Waals surface area contributed by atoms with Crippen LogP contribution in [-0.4, -0.2) is 156 Å². The number of alkyl halides is 34. The fourth-order valence-corrected chi connectivity index (χ4v) is 7.65. The van der Waals surface area contributed by atoms with Crippen LogP contribution in [-0.2, 0) is 32.2 Å². The van der Waals surface area contributed by atoms with E-state index in [0.29, 0.717) is 9.80 Å². The summed E-state index contributed by atoms with van der Waals surface area (Å²) in [6, 6.07) is 11.1. The molecule has 2 aromatic carbocycles. The Bertz CT molecular complexity index is 2350. The number of benzene rings is 2. The maximum absolute atomic E-state index is 15.3. The lowest BCUT2D eigenvalue weighted by Crippen LogP contribution is -2.74. The van der Waals surface area contributed by atoms with E-state index in [9.17, 15) is 141 Å². The van der Waals surface area contributed by atoms with E-state index in [0.717, 1.165) is 62.4 Å². The van der Waals surface area contributed by atoms with Crippen molar-refractivity contribution in [2.75, 3.05) is 39.4 Å². The van der Waals surface area contributed by atoms with E-state index in [4.69, 9.17) is 9.47 Å². The summed E-state index contributed by atoms with van der Waals surface area (Å²) >= 11 is 0. The van der Waals surface area contributed by atoms with Gasteiger partial charge in [0.2, 0.25) is 0 Å². The SMILES string of the molecule is CCOC(=O)C(C(=O)OCC)C(CCN(CCC(F)(F)C(F)(F)C(F)(F)C(F)(F)C(F)(F)C(F)(F)C(F)(F)C(F)(F)F)Cc1ccccc1)CCN(CCC(F)(F)C(F)(F)C(F)(F)C(F)(F)C(F)(F)C(F)(F)C(F)(F)C(F)(F)F)Cc1ccccc1. The molecule has 0 N–H and O–H groups in total. The van der Waals surface area contributed by atoms with E-state index in [1.807, 2.05) is 0 Å². The van der Waals surface area contributed by atoms with Crippen LogP contribution in [0.15, 0.2) is 60.7 Å². The van der Waals surface area contributed by atoms with Crippen LogP contribution in [0, 0.1) is 11.8 Å². The smallest absolute Gasteiger partial charge is 0.460 e. The number of rotatable bonds is 33. The van der Waals surface area contributed by atoms with Gasteiger partial charge in [0.15, 0.2) is 5.92 Å². The van der Waals surface area contributed by atoms with Crippen LogP contribution < -0.4 is 0 Å². The van der Waals surface area contributed by atoms with Crippen molar-refractivity contribution < 1.29 is 168 Å². The number of ether oxygens (including phenoxy) is 2. The number of halogens is 34. The molecule has 0 bridgehead atoms. The molecule has 0 fully saturated rings. The van der Waals surface area contributed by atoms with Crippen molar-refractivity contribution in [1.82, 2.24) is 9.80 Å². The number of hydrogen-bond donors (Lipinski definition) is 0. The molecule has 0 unspecified atom stereocenters. The molecule has 0 amide bonds. The summed E-state index contributed by atoms with van der Waals surface area (Å²) < 4.78 is 488. The minimum Gasteiger partial charge on any atom is -0.465 e. The van der Waals surface area contributed by atoms with E-state index in [1.165, 1.54) is 12.1 Å². The van der Waals surface area contributed by atoms with Crippen molar-refractivity contribution in [3.63, 3.8) is 0 Å². The van der Waals surface area contributed by atoms with Crippen LogP contribution in [0.5, 0.6) is 0 Å². The first-order valence-corrected chi connectivity index (χ1v) is 23.6. The molecule has 40 heteroatoms. The number of carbonyl (C=O) groups is 2. The maximum atomic E-state index is 15.3. The molecule has 0 saturated heterocycles. The van der Waals surface area contributed by atoms with E-state index in [-0.39, 0.29) is 11.1 Å². The van der Waals surface area contributed by atoms with Crippen molar-refractivity contribution >= 4 is 11.9 Å². The van der Waals surface area contributed by atoms with Crippen LogP contribution in [0.1, 0.15) is 50.7 Å². The minimum absolute atomic E-state index is 0.178. The van der Waals surface area contributed by atoms with Gasteiger partial charge >= 0.3 is 107 Å². The third-order valence-corrected chi connectivity index (χ3v) is 12.7. The highest BCUT2D eigenvalue weighted by molar-refractivity contribution is 5.95. The van der Waals surface area contributed by atoms with Gasteiger partial charge in [0.25, 0.3) is 0 Å². The Morgan fingerprint density at radius 1 is 0.349 bits per heavy atom. The van der Waals surface area contributed by atoms with Crippen molar-refractivity contribution in [2.45, 2.75) is 148 Å². The largest absolute Gasteiger partial charge is 0.465 e. The van der Waals surface area contributed by atoms with Crippen molar-refractivity contribution in [1.29, 1.82) is 0 Å². The molecular formula is C46H42F34N2O4. The first kappa shape index (κ1) is 77.0. The van der Waals surface area contributed by atoms with Gasteiger partial charge < -0.3 is 9.47 Å². The van der Waals surface area contributed by atoms with Crippen molar-refractivity contribution in [3.8, 4) is 0 Å². The Labute approximate surface area is 461 Å². The Morgan fingerprint density at radius 3 is 0.814 bits per heavy atom. The van der Waals surface area contributed by atoms with E-state index in [2.05, 4.69) is 0 Å². The lowest BCUT2D eigenvalue weighted by atomic mass is 9.85. The average molecular weight is 1330 g/mol. The Hall–Kier alpha value is -5.08. The van der Waals surface area contributed by atoms with Crippen LogP contribution in [0.3, 0.4) is 0 Å². The standard InChI is InChI=1S/C46H42F34N2O4/c1-3-85-29(83)28(30(84)86-4-2)27(15-19-81(23-25-11-7-5-8-12-25)21-17-31(47,48)33(51,52)35(55,56)37(59,60)39(63,64)41(67,68)43(71,72)45(75,76)77)16-20-82(24-26-13-9-6-10-14-26)22-18-32(49,50)34(53,54)36(57,58)38(61,62)40(65,66)42(69,70)44(73,74)46(78,79)80/h5-14,27-28H,3-4,15-24H2,1-2H3. The van der Waals surface area contributed by atoms with Gasteiger partial charge in [0, 0.05) is 39.0 Å². The second kappa shape index (κ2) is 25.8. The number of carbonyl (C=O) groups excluding carboxylic acids is 2. The number of hydrogen-bond acceptors (Lipinski definition) is 6. The molecule has 0 heterocycles. The highest BCUT2D eigenvalue weighted by atomic mass is 19.4. The second-order valence-corrected chi connectivity index (χ2v) is 18.6. The first-order chi connectivity index (χ1) is 38.3. The van der Waals surface area contributed by atoms with Gasteiger partial charge in [0.05, 0.1) is 13.2 Å². The van der Waals surface area contributed by atoms with Gasteiger partial charge in [-0.25, -0.2) is 0 Å². The van der Waals surface area contributed by atoms with E-state index in [1.54, 1.807) is 0 Å². The summed E-state index contributed by atoms with van der Waals surface area (Å²) in [6.45, 7) is -7.65. The summed E-state index contributed by atoms with van der Waals surface area (Å²) in [7, 11) is 0. The zero-order valence-corrected chi connectivity index (χ0v) is 42.8. The summed E-state index contributed by atoms with van der Waals surface area (Å²) in [6.07, 6.45) is -24.4. The van der Waals surface area contributed by atoms with Gasteiger partial charge in [-0.1, -0.05) is 60.7 Å². The molecule has 0 aliphatic heterocycles. The molecule has 0 aromatic heterocycles. The second-order valence-electron chi connectivity index (χ2n) is 18.6. The fraction of sp³-hybridized carbons (Fsp3) is 0.696. The first-order valence-electron chi connectivity index (χ1n) is 23.6. The monoisotopic (exact) mass is 1330 g/mol. The van der Waals surface area contributed by atoms with Gasteiger partial charge in [-0.15, -0.1) is 0 Å². The number of esters is 2. The predicted molar refractivity (Wildman–Crippen MR) is 224 cm³/mol. The Balaban J connectivity index is 2.77. The van der Waals surface area contributed by atoms with Gasteiger partial charge in [0.1, 0.15) is 0 Å². The molecule has 6 nitrogen and oxygen atoms in total. The van der Waals surface area contributed by atoms with Crippen LogP contribution in [0.25, 0.3) is 0 Å². The zero-order valence-electron chi connectivity index (χ0n) is 42.8.